The largest absolute Gasteiger partial charge is 0.465 e. The Bertz CT molecular complexity index is 312. The maximum absolute atomic E-state index is 12.3. The molecule has 1 rings (SSSR count). The van der Waals surface area contributed by atoms with Crippen LogP contribution < -0.4 is 5.32 Å². The van der Waals surface area contributed by atoms with Crippen molar-refractivity contribution >= 4 is 5.97 Å². The fourth-order valence-corrected chi connectivity index (χ4v) is 3.16. The minimum Gasteiger partial charge on any atom is -0.465 e. The van der Waals surface area contributed by atoms with Crippen LogP contribution in [0, 0.1) is 5.92 Å². The Labute approximate surface area is 130 Å². The second kappa shape index (κ2) is 8.74. The predicted octanol–water partition coefficient (Wildman–Crippen LogP) is 2.82. The summed E-state index contributed by atoms with van der Waals surface area (Å²) in [7, 11) is 0. The number of hydrogen-bond donors (Lipinski definition) is 1. The summed E-state index contributed by atoms with van der Waals surface area (Å²) in [6.07, 6.45) is 4.69. The Morgan fingerprint density at radius 1 is 1.33 bits per heavy atom. The van der Waals surface area contributed by atoms with E-state index in [-0.39, 0.29) is 12.0 Å². The SMILES string of the molecule is CCOC(=O)C(C)(CCN1CCC(CC)CC1)NC(C)C. The molecule has 0 radical (unpaired) electrons. The van der Waals surface area contributed by atoms with Crippen molar-refractivity contribution in [1.82, 2.24) is 10.2 Å². The zero-order chi connectivity index (χ0) is 15.9. The molecule has 0 aliphatic carbocycles. The van der Waals surface area contributed by atoms with Crippen molar-refractivity contribution in [3.63, 3.8) is 0 Å². The van der Waals surface area contributed by atoms with Crippen molar-refractivity contribution in [2.24, 2.45) is 5.92 Å². The second-order valence-corrected chi connectivity index (χ2v) is 6.79. The predicted molar refractivity (Wildman–Crippen MR) is 87.4 cm³/mol. The van der Waals surface area contributed by atoms with Crippen LogP contribution in [0.4, 0.5) is 0 Å². The number of esters is 1. The van der Waals surface area contributed by atoms with E-state index in [0.717, 1.165) is 18.9 Å². The van der Waals surface area contributed by atoms with Crippen LogP contribution in [0.15, 0.2) is 0 Å². The molecule has 0 aromatic heterocycles. The second-order valence-electron chi connectivity index (χ2n) is 6.79. The van der Waals surface area contributed by atoms with Crippen LogP contribution in [-0.4, -0.2) is 48.7 Å². The van der Waals surface area contributed by atoms with Crippen LogP contribution in [0.1, 0.15) is 60.3 Å². The van der Waals surface area contributed by atoms with Crippen LogP contribution in [0.25, 0.3) is 0 Å². The molecule has 0 aromatic carbocycles. The summed E-state index contributed by atoms with van der Waals surface area (Å²) in [5.74, 6) is 0.772. The molecule has 1 heterocycles. The van der Waals surface area contributed by atoms with E-state index in [1.807, 2.05) is 13.8 Å². The van der Waals surface area contributed by atoms with Crippen molar-refractivity contribution < 1.29 is 9.53 Å². The van der Waals surface area contributed by atoms with Gasteiger partial charge in [0.05, 0.1) is 6.61 Å². The topological polar surface area (TPSA) is 41.6 Å². The van der Waals surface area contributed by atoms with E-state index in [2.05, 4.69) is 31.0 Å². The highest BCUT2D eigenvalue weighted by Gasteiger charge is 2.35. The van der Waals surface area contributed by atoms with Gasteiger partial charge in [0.1, 0.15) is 5.54 Å². The van der Waals surface area contributed by atoms with Crippen molar-refractivity contribution in [2.45, 2.75) is 71.9 Å². The van der Waals surface area contributed by atoms with Crippen LogP contribution in [0.5, 0.6) is 0 Å². The molecule has 0 bridgehead atoms. The number of nitrogens with zero attached hydrogens (tertiary/aromatic N) is 1. The summed E-state index contributed by atoms with van der Waals surface area (Å²) in [6.45, 7) is 14.0. The molecule has 124 valence electrons. The van der Waals surface area contributed by atoms with Gasteiger partial charge in [0.25, 0.3) is 0 Å². The van der Waals surface area contributed by atoms with Gasteiger partial charge in [-0.25, -0.2) is 0 Å². The lowest BCUT2D eigenvalue weighted by Gasteiger charge is -2.36. The quantitative estimate of drug-likeness (QED) is 0.700. The number of piperidine rings is 1. The average molecular weight is 298 g/mol. The first-order valence-electron chi connectivity index (χ1n) is 8.58. The monoisotopic (exact) mass is 298 g/mol. The third kappa shape index (κ3) is 5.95. The van der Waals surface area contributed by atoms with Crippen LogP contribution in [0.2, 0.25) is 0 Å². The number of nitrogens with one attached hydrogen (secondary N) is 1. The van der Waals surface area contributed by atoms with Gasteiger partial charge in [0.15, 0.2) is 0 Å². The molecular weight excluding hydrogens is 264 g/mol. The molecule has 0 saturated carbocycles. The fourth-order valence-electron chi connectivity index (χ4n) is 3.16. The summed E-state index contributed by atoms with van der Waals surface area (Å²) in [5, 5.41) is 3.40. The Hall–Kier alpha value is -0.610. The van der Waals surface area contributed by atoms with Gasteiger partial charge < -0.3 is 9.64 Å². The molecule has 0 aromatic rings. The molecule has 0 amide bonds. The molecule has 1 atom stereocenters. The highest BCUT2D eigenvalue weighted by molar-refractivity contribution is 5.80. The molecule has 1 unspecified atom stereocenters. The molecule has 1 N–H and O–H groups in total. The van der Waals surface area contributed by atoms with E-state index in [0.29, 0.717) is 6.61 Å². The zero-order valence-electron chi connectivity index (χ0n) is 14.6. The molecule has 1 aliphatic rings. The van der Waals surface area contributed by atoms with Gasteiger partial charge >= 0.3 is 5.97 Å². The lowest BCUT2D eigenvalue weighted by atomic mass is 9.92. The smallest absolute Gasteiger partial charge is 0.326 e. The van der Waals surface area contributed by atoms with Crippen LogP contribution >= 0.6 is 0 Å². The van der Waals surface area contributed by atoms with Gasteiger partial charge in [-0.15, -0.1) is 0 Å². The van der Waals surface area contributed by atoms with E-state index < -0.39 is 5.54 Å². The normalized spacial score (nSPS) is 20.5. The summed E-state index contributed by atoms with van der Waals surface area (Å²) >= 11 is 0. The first kappa shape index (κ1) is 18.4. The number of carbonyl (C=O) groups is 1. The van der Waals surface area contributed by atoms with Crippen molar-refractivity contribution in [2.75, 3.05) is 26.2 Å². The van der Waals surface area contributed by atoms with Crippen LogP contribution in [-0.2, 0) is 9.53 Å². The van der Waals surface area contributed by atoms with E-state index in [4.69, 9.17) is 4.74 Å². The average Bonchev–Trinajstić information content (AvgIpc) is 2.45. The summed E-state index contributed by atoms with van der Waals surface area (Å²) in [4.78, 5) is 14.8. The number of hydrogen-bond acceptors (Lipinski definition) is 4. The van der Waals surface area contributed by atoms with Crippen molar-refractivity contribution in [3.8, 4) is 0 Å². The van der Waals surface area contributed by atoms with Gasteiger partial charge in [0, 0.05) is 12.6 Å². The Balaban J connectivity index is 2.51. The fraction of sp³-hybridized carbons (Fsp3) is 0.941. The lowest BCUT2D eigenvalue weighted by Crippen LogP contribution is -2.55. The van der Waals surface area contributed by atoms with E-state index in [9.17, 15) is 4.79 Å². The van der Waals surface area contributed by atoms with E-state index in [1.54, 1.807) is 0 Å². The van der Waals surface area contributed by atoms with E-state index in [1.165, 1.54) is 32.4 Å². The van der Waals surface area contributed by atoms with Gasteiger partial charge in [0.2, 0.25) is 0 Å². The zero-order valence-corrected chi connectivity index (χ0v) is 14.6. The standard InChI is InChI=1S/C17H34N2O2/c1-6-15-8-11-19(12-9-15)13-10-17(5,18-14(3)4)16(20)21-7-2/h14-15,18H,6-13H2,1-5H3. The van der Waals surface area contributed by atoms with Gasteiger partial charge in [-0.1, -0.05) is 13.3 Å². The molecule has 1 fully saturated rings. The summed E-state index contributed by atoms with van der Waals surface area (Å²) in [5.41, 5.74) is -0.578. The molecule has 0 spiro atoms. The molecule has 1 aliphatic heterocycles. The number of likely N-dealkylation sites (tertiary alicyclic amines) is 1. The Morgan fingerprint density at radius 3 is 2.43 bits per heavy atom. The number of rotatable bonds is 8. The molecular formula is C17H34N2O2. The van der Waals surface area contributed by atoms with E-state index >= 15 is 0 Å². The third-order valence-electron chi connectivity index (χ3n) is 4.55. The van der Waals surface area contributed by atoms with Gasteiger partial charge in [-0.2, -0.15) is 0 Å². The summed E-state index contributed by atoms with van der Waals surface area (Å²) < 4.78 is 5.26. The third-order valence-corrected chi connectivity index (χ3v) is 4.55. The number of ether oxygens (including phenoxy) is 1. The Kier molecular flexibility index (Phi) is 7.67. The first-order valence-corrected chi connectivity index (χ1v) is 8.58. The molecule has 4 heteroatoms. The van der Waals surface area contributed by atoms with Crippen molar-refractivity contribution in [1.29, 1.82) is 0 Å². The maximum Gasteiger partial charge on any atom is 0.326 e. The number of carbonyl (C=O) groups excluding carboxylic acids is 1. The molecule has 21 heavy (non-hydrogen) atoms. The maximum atomic E-state index is 12.3. The minimum atomic E-state index is -0.578. The van der Waals surface area contributed by atoms with Gasteiger partial charge in [-0.05, 0) is 66.0 Å². The highest BCUT2D eigenvalue weighted by atomic mass is 16.5. The lowest BCUT2D eigenvalue weighted by molar-refractivity contribution is -0.151. The van der Waals surface area contributed by atoms with Crippen molar-refractivity contribution in [3.05, 3.63) is 0 Å². The minimum absolute atomic E-state index is 0.123. The molecule has 1 saturated heterocycles. The molecule has 4 nitrogen and oxygen atoms in total. The van der Waals surface area contributed by atoms with Crippen LogP contribution in [0.3, 0.4) is 0 Å². The summed E-state index contributed by atoms with van der Waals surface area (Å²) in [6, 6.07) is 0.269. The first-order chi connectivity index (χ1) is 9.91. The highest BCUT2D eigenvalue weighted by Crippen LogP contribution is 2.22. The van der Waals surface area contributed by atoms with Gasteiger partial charge in [-0.3, -0.25) is 10.1 Å². The Morgan fingerprint density at radius 2 is 1.95 bits per heavy atom.